The zero-order valence-electron chi connectivity index (χ0n) is 12.1. The lowest BCUT2D eigenvalue weighted by Gasteiger charge is -2.27. The van der Waals surface area contributed by atoms with E-state index in [2.05, 4.69) is 66.6 Å². The van der Waals surface area contributed by atoms with Crippen molar-refractivity contribution in [1.82, 2.24) is 10.3 Å². The maximum Gasteiger partial charge on any atom is 0.0443 e. The first kappa shape index (κ1) is 15.1. The molecule has 0 radical (unpaired) electrons. The summed E-state index contributed by atoms with van der Waals surface area (Å²) in [4.78, 5) is 5.37. The Morgan fingerprint density at radius 2 is 1.75 bits per heavy atom. The summed E-state index contributed by atoms with van der Waals surface area (Å²) >= 11 is 1.93. The Morgan fingerprint density at radius 1 is 1.05 bits per heavy atom. The first-order chi connectivity index (χ1) is 9.85. The molecule has 20 heavy (non-hydrogen) atoms. The van der Waals surface area contributed by atoms with Crippen LogP contribution in [0, 0.1) is 0 Å². The van der Waals surface area contributed by atoms with E-state index in [-0.39, 0.29) is 0 Å². The van der Waals surface area contributed by atoms with Crippen LogP contribution in [0.2, 0.25) is 0 Å². The second-order valence-corrected chi connectivity index (χ2v) is 6.01. The molecular formula is C17H22N2S. The highest BCUT2D eigenvalue weighted by atomic mass is 32.2. The van der Waals surface area contributed by atoms with Crippen molar-refractivity contribution in [2.45, 2.75) is 36.5 Å². The Morgan fingerprint density at radius 3 is 2.35 bits per heavy atom. The summed E-state index contributed by atoms with van der Waals surface area (Å²) in [6.07, 6.45) is 4.85. The van der Waals surface area contributed by atoms with Crippen LogP contribution >= 0.6 is 11.8 Å². The van der Waals surface area contributed by atoms with E-state index in [4.69, 9.17) is 0 Å². The van der Waals surface area contributed by atoms with Gasteiger partial charge in [0.1, 0.15) is 0 Å². The Balaban J connectivity index is 2.17. The minimum Gasteiger partial charge on any atom is -0.309 e. The van der Waals surface area contributed by atoms with E-state index in [0.29, 0.717) is 11.3 Å². The number of thioether (sulfide) groups is 1. The Kier molecular flexibility index (Phi) is 6.09. The van der Waals surface area contributed by atoms with Crippen LogP contribution in [0.3, 0.4) is 0 Å². The molecular weight excluding hydrogens is 264 g/mol. The molecule has 0 aliphatic rings. The zero-order valence-corrected chi connectivity index (χ0v) is 12.9. The smallest absolute Gasteiger partial charge is 0.0443 e. The second-order valence-electron chi connectivity index (χ2n) is 4.69. The van der Waals surface area contributed by atoms with Gasteiger partial charge in [0.05, 0.1) is 0 Å². The van der Waals surface area contributed by atoms with Gasteiger partial charge < -0.3 is 5.32 Å². The summed E-state index contributed by atoms with van der Waals surface area (Å²) in [5, 5.41) is 4.15. The number of hydrogen-bond donors (Lipinski definition) is 1. The normalized spacial score (nSPS) is 13.9. The fourth-order valence-electron chi connectivity index (χ4n) is 2.32. The summed E-state index contributed by atoms with van der Waals surface area (Å²) < 4.78 is 0. The Bertz CT molecular complexity index is 487. The number of nitrogens with one attached hydrogen (secondary N) is 1. The van der Waals surface area contributed by atoms with E-state index in [1.165, 1.54) is 10.5 Å². The van der Waals surface area contributed by atoms with Crippen LogP contribution in [-0.2, 0) is 0 Å². The van der Waals surface area contributed by atoms with Gasteiger partial charge in [0.15, 0.2) is 0 Å². The van der Waals surface area contributed by atoms with Gasteiger partial charge in [0.2, 0.25) is 0 Å². The molecule has 0 bridgehead atoms. The first-order valence-electron chi connectivity index (χ1n) is 7.20. The Hall–Kier alpha value is -1.32. The van der Waals surface area contributed by atoms with Gasteiger partial charge in [-0.2, -0.15) is 0 Å². The van der Waals surface area contributed by atoms with Crippen molar-refractivity contribution in [3.05, 3.63) is 60.4 Å². The molecule has 2 atom stereocenters. The van der Waals surface area contributed by atoms with Crippen molar-refractivity contribution in [2.24, 2.45) is 0 Å². The Labute approximate surface area is 126 Å². The number of nitrogens with zero attached hydrogens (tertiary/aromatic N) is 1. The molecule has 0 spiro atoms. The average molecular weight is 286 g/mol. The molecule has 2 rings (SSSR count). The molecule has 0 saturated carbocycles. The molecule has 1 heterocycles. The largest absolute Gasteiger partial charge is 0.309 e. The molecule has 1 aromatic heterocycles. The van der Waals surface area contributed by atoms with E-state index in [0.717, 1.165) is 13.0 Å². The fraction of sp³-hybridized carbons (Fsp3) is 0.353. The molecule has 0 saturated heterocycles. The lowest BCUT2D eigenvalue weighted by Crippen LogP contribution is -2.29. The third-order valence-corrected chi connectivity index (χ3v) is 4.75. The molecule has 0 fully saturated rings. The number of hydrogen-bond acceptors (Lipinski definition) is 3. The summed E-state index contributed by atoms with van der Waals surface area (Å²) in [6.45, 7) is 5.40. The van der Waals surface area contributed by atoms with Crippen LogP contribution in [0.4, 0.5) is 0 Å². The number of aromatic nitrogens is 1. The SMILES string of the molecule is CCNC(c1ccccc1)C(CC)Sc1ccncc1. The lowest BCUT2D eigenvalue weighted by molar-refractivity contribution is 0.521. The van der Waals surface area contributed by atoms with E-state index in [1.807, 2.05) is 24.2 Å². The van der Waals surface area contributed by atoms with E-state index in [9.17, 15) is 0 Å². The molecule has 0 aliphatic carbocycles. The fourth-order valence-corrected chi connectivity index (χ4v) is 3.51. The molecule has 2 aromatic rings. The zero-order chi connectivity index (χ0) is 14.2. The first-order valence-corrected chi connectivity index (χ1v) is 8.08. The standard InChI is InChI=1S/C17H22N2S/c1-3-16(20-15-10-12-18-13-11-15)17(19-4-2)14-8-6-5-7-9-14/h5-13,16-17,19H,3-4H2,1-2H3. The quantitative estimate of drug-likeness (QED) is 0.768. The van der Waals surface area contributed by atoms with Crippen LogP contribution < -0.4 is 5.32 Å². The highest BCUT2D eigenvalue weighted by Gasteiger charge is 2.21. The monoisotopic (exact) mass is 286 g/mol. The van der Waals surface area contributed by atoms with Crippen LogP contribution in [0.25, 0.3) is 0 Å². The van der Waals surface area contributed by atoms with Crippen molar-refractivity contribution in [3.8, 4) is 0 Å². The molecule has 106 valence electrons. The summed E-state index contributed by atoms with van der Waals surface area (Å²) in [5.41, 5.74) is 1.36. The summed E-state index contributed by atoms with van der Waals surface area (Å²) in [7, 11) is 0. The minimum absolute atomic E-state index is 0.379. The summed E-state index contributed by atoms with van der Waals surface area (Å²) in [5.74, 6) is 0. The van der Waals surface area contributed by atoms with Crippen molar-refractivity contribution < 1.29 is 0 Å². The topological polar surface area (TPSA) is 24.9 Å². The molecule has 0 aliphatic heterocycles. The highest BCUT2D eigenvalue weighted by Crippen LogP contribution is 2.33. The predicted molar refractivity (Wildman–Crippen MR) is 87.0 cm³/mol. The maximum atomic E-state index is 4.09. The second kappa shape index (κ2) is 8.08. The molecule has 2 unspecified atom stereocenters. The van der Waals surface area contributed by atoms with Crippen molar-refractivity contribution in [1.29, 1.82) is 0 Å². The van der Waals surface area contributed by atoms with E-state index in [1.54, 1.807) is 0 Å². The van der Waals surface area contributed by atoms with Gasteiger partial charge in [-0.3, -0.25) is 4.98 Å². The van der Waals surface area contributed by atoms with Crippen LogP contribution in [-0.4, -0.2) is 16.8 Å². The van der Waals surface area contributed by atoms with Gasteiger partial charge in [0, 0.05) is 28.6 Å². The van der Waals surface area contributed by atoms with Crippen LogP contribution in [0.15, 0.2) is 59.8 Å². The number of benzene rings is 1. The maximum absolute atomic E-state index is 4.09. The third-order valence-electron chi connectivity index (χ3n) is 3.29. The van der Waals surface area contributed by atoms with Crippen molar-refractivity contribution in [2.75, 3.05) is 6.54 Å². The van der Waals surface area contributed by atoms with Crippen molar-refractivity contribution >= 4 is 11.8 Å². The summed E-state index contributed by atoms with van der Waals surface area (Å²) in [6, 6.07) is 15.3. The molecule has 1 aromatic carbocycles. The highest BCUT2D eigenvalue weighted by molar-refractivity contribution is 8.00. The number of rotatable bonds is 7. The lowest BCUT2D eigenvalue weighted by atomic mass is 10.0. The molecule has 0 amide bonds. The van der Waals surface area contributed by atoms with Gasteiger partial charge in [-0.05, 0) is 30.7 Å². The third kappa shape index (κ3) is 4.09. The predicted octanol–water partition coefficient (Wildman–Crippen LogP) is 4.30. The van der Waals surface area contributed by atoms with Gasteiger partial charge in [-0.25, -0.2) is 0 Å². The van der Waals surface area contributed by atoms with Gasteiger partial charge >= 0.3 is 0 Å². The van der Waals surface area contributed by atoms with Crippen molar-refractivity contribution in [3.63, 3.8) is 0 Å². The van der Waals surface area contributed by atoms with Gasteiger partial charge in [-0.1, -0.05) is 44.2 Å². The number of pyridine rings is 1. The molecule has 3 heteroatoms. The van der Waals surface area contributed by atoms with Crippen LogP contribution in [0.1, 0.15) is 31.9 Å². The average Bonchev–Trinajstić information content (AvgIpc) is 2.52. The minimum atomic E-state index is 0.379. The van der Waals surface area contributed by atoms with E-state index < -0.39 is 0 Å². The van der Waals surface area contributed by atoms with Gasteiger partial charge in [0.25, 0.3) is 0 Å². The van der Waals surface area contributed by atoms with Gasteiger partial charge in [-0.15, -0.1) is 11.8 Å². The van der Waals surface area contributed by atoms with E-state index >= 15 is 0 Å². The molecule has 2 nitrogen and oxygen atoms in total. The molecule has 1 N–H and O–H groups in total. The van der Waals surface area contributed by atoms with Crippen LogP contribution in [0.5, 0.6) is 0 Å².